The van der Waals surface area contributed by atoms with Crippen LogP contribution < -0.4 is 21.3 Å². The smallest absolute Gasteiger partial charge is 0.308 e. The van der Waals surface area contributed by atoms with Crippen LogP contribution in [-0.2, 0) is 0 Å². The van der Waals surface area contributed by atoms with E-state index in [2.05, 4.69) is 21.3 Å². The normalized spacial score (nSPS) is 10.3. The molecule has 0 unspecified atom stereocenters. The third kappa shape index (κ3) is 5.81. The average molecular weight is 451 g/mol. The van der Waals surface area contributed by atoms with E-state index in [-0.39, 0.29) is 12.1 Å². The molecule has 0 aliphatic rings. The fourth-order valence-corrected chi connectivity index (χ4v) is 3.58. The first kappa shape index (κ1) is 22.6. The van der Waals surface area contributed by atoms with Crippen LogP contribution in [0.2, 0.25) is 0 Å². The maximum atomic E-state index is 12.3. The molecule has 6 heteroatoms. The Morgan fingerprint density at radius 1 is 0.500 bits per heavy atom. The molecule has 0 heterocycles. The van der Waals surface area contributed by atoms with Crippen LogP contribution in [0.1, 0.15) is 11.1 Å². The Morgan fingerprint density at radius 3 is 1.24 bits per heavy atom. The second kappa shape index (κ2) is 10.4. The molecule has 4 amide bonds. The van der Waals surface area contributed by atoms with Gasteiger partial charge in [-0.1, -0.05) is 48.5 Å². The maximum absolute atomic E-state index is 12.3. The van der Waals surface area contributed by atoms with Crippen molar-refractivity contribution < 1.29 is 9.59 Å². The van der Waals surface area contributed by atoms with Gasteiger partial charge in [-0.05, 0) is 84.6 Å². The number of nitrogens with one attached hydrogen (secondary N) is 4. The van der Waals surface area contributed by atoms with E-state index in [1.165, 1.54) is 0 Å². The number of carbonyl (C=O) groups is 2. The van der Waals surface area contributed by atoms with E-state index in [0.29, 0.717) is 0 Å². The predicted molar refractivity (Wildman–Crippen MR) is 140 cm³/mol. The van der Waals surface area contributed by atoms with Gasteiger partial charge >= 0.3 is 12.1 Å². The molecular weight excluding hydrogens is 424 g/mol. The molecule has 0 aliphatic carbocycles. The fraction of sp³-hybridized carbons (Fsp3) is 0.0714. The second-order valence-corrected chi connectivity index (χ2v) is 7.95. The highest BCUT2D eigenvalue weighted by atomic mass is 16.2. The van der Waals surface area contributed by atoms with Crippen molar-refractivity contribution in [2.75, 3.05) is 21.3 Å². The lowest BCUT2D eigenvalue weighted by atomic mass is 10.00. The van der Waals surface area contributed by atoms with Crippen LogP contribution in [0, 0.1) is 13.8 Å². The minimum Gasteiger partial charge on any atom is -0.308 e. The fourth-order valence-electron chi connectivity index (χ4n) is 3.58. The molecule has 34 heavy (non-hydrogen) atoms. The number of anilines is 4. The zero-order valence-corrected chi connectivity index (χ0v) is 19.1. The molecule has 4 N–H and O–H groups in total. The molecule has 4 rings (SSSR count). The van der Waals surface area contributed by atoms with Gasteiger partial charge in [0.15, 0.2) is 0 Å². The molecule has 0 atom stereocenters. The van der Waals surface area contributed by atoms with E-state index in [9.17, 15) is 9.59 Å². The lowest BCUT2D eigenvalue weighted by Crippen LogP contribution is -2.20. The number of hydrogen-bond acceptors (Lipinski definition) is 2. The molecule has 0 aromatic heterocycles. The van der Waals surface area contributed by atoms with Crippen molar-refractivity contribution in [3.63, 3.8) is 0 Å². The standard InChI is InChI=1S/C28H26N4O2/c1-19-17-21(13-15-25(19)31-27(33)29-23-9-5-3-6-10-23)22-14-16-26(20(2)18-22)32-28(34)30-24-11-7-4-8-12-24/h3-18H,1-2H3,(H2,29,31,33)(H2,30,32,34). The predicted octanol–water partition coefficient (Wildman–Crippen LogP) is 7.26. The number of amides is 4. The van der Waals surface area contributed by atoms with Crippen molar-refractivity contribution in [3.05, 3.63) is 108 Å². The number of rotatable bonds is 5. The van der Waals surface area contributed by atoms with Crippen molar-refractivity contribution >= 4 is 34.8 Å². The summed E-state index contributed by atoms with van der Waals surface area (Å²) >= 11 is 0. The van der Waals surface area contributed by atoms with Crippen LogP contribution in [0.5, 0.6) is 0 Å². The molecule has 0 fully saturated rings. The molecule has 0 aliphatic heterocycles. The minimum atomic E-state index is -0.290. The number of urea groups is 2. The largest absolute Gasteiger partial charge is 0.323 e. The van der Waals surface area contributed by atoms with Gasteiger partial charge in [-0.25, -0.2) is 9.59 Å². The summed E-state index contributed by atoms with van der Waals surface area (Å²) in [6, 6.07) is 29.8. The molecule has 170 valence electrons. The molecule has 4 aromatic carbocycles. The summed E-state index contributed by atoms with van der Waals surface area (Å²) in [5, 5.41) is 11.4. The Balaban J connectivity index is 1.41. The maximum Gasteiger partial charge on any atom is 0.323 e. The first-order valence-electron chi connectivity index (χ1n) is 11.0. The molecule has 0 spiro atoms. The molecule has 4 aromatic rings. The van der Waals surface area contributed by atoms with Crippen LogP contribution in [0.15, 0.2) is 97.1 Å². The SMILES string of the molecule is Cc1cc(-c2ccc(NC(=O)Nc3ccccc3)c(C)c2)ccc1NC(=O)Nc1ccccc1. The first-order chi connectivity index (χ1) is 16.5. The second-order valence-electron chi connectivity index (χ2n) is 7.95. The van der Waals surface area contributed by atoms with Crippen LogP contribution in [0.25, 0.3) is 11.1 Å². The Kier molecular flexibility index (Phi) is 6.89. The van der Waals surface area contributed by atoms with Crippen molar-refractivity contribution in [2.24, 2.45) is 0 Å². The molecule has 6 nitrogen and oxygen atoms in total. The van der Waals surface area contributed by atoms with Gasteiger partial charge in [-0.2, -0.15) is 0 Å². The third-order valence-corrected chi connectivity index (χ3v) is 5.35. The van der Waals surface area contributed by atoms with Gasteiger partial charge in [0, 0.05) is 22.7 Å². The summed E-state index contributed by atoms with van der Waals surface area (Å²) in [7, 11) is 0. The third-order valence-electron chi connectivity index (χ3n) is 5.35. The zero-order chi connectivity index (χ0) is 23.9. The van der Waals surface area contributed by atoms with Crippen molar-refractivity contribution in [1.29, 1.82) is 0 Å². The van der Waals surface area contributed by atoms with E-state index in [4.69, 9.17) is 0 Å². The van der Waals surface area contributed by atoms with E-state index in [1.807, 2.05) is 111 Å². The minimum absolute atomic E-state index is 0.290. The van der Waals surface area contributed by atoms with E-state index in [0.717, 1.165) is 45.0 Å². The Hall–Kier alpha value is -4.58. The average Bonchev–Trinajstić information content (AvgIpc) is 2.83. The van der Waals surface area contributed by atoms with Crippen molar-refractivity contribution in [2.45, 2.75) is 13.8 Å². The van der Waals surface area contributed by atoms with Gasteiger partial charge < -0.3 is 21.3 Å². The molecule has 0 bridgehead atoms. The molecule has 0 radical (unpaired) electrons. The Labute approximate surface area is 199 Å². The van der Waals surface area contributed by atoms with E-state index in [1.54, 1.807) is 0 Å². The zero-order valence-electron chi connectivity index (χ0n) is 19.1. The quantitative estimate of drug-likeness (QED) is 0.258. The molecule has 0 saturated heterocycles. The van der Waals surface area contributed by atoms with Crippen molar-refractivity contribution in [1.82, 2.24) is 0 Å². The number of carbonyl (C=O) groups excluding carboxylic acids is 2. The lowest BCUT2D eigenvalue weighted by molar-refractivity contribution is 0.261. The van der Waals surface area contributed by atoms with E-state index < -0.39 is 0 Å². The summed E-state index contributed by atoms with van der Waals surface area (Å²) < 4.78 is 0. The Bertz CT molecular complexity index is 1200. The van der Waals surface area contributed by atoms with Crippen molar-refractivity contribution in [3.8, 4) is 11.1 Å². The van der Waals surface area contributed by atoms with Gasteiger partial charge in [-0.15, -0.1) is 0 Å². The van der Waals surface area contributed by atoms with Gasteiger partial charge in [-0.3, -0.25) is 0 Å². The van der Waals surface area contributed by atoms with Gasteiger partial charge in [0.1, 0.15) is 0 Å². The summed E-state index contributed by atoms with van der Waals surface area (Å²) in [6.07, 6.45) is 0. The summed E-state index contributed by atoms with van der Waals surface area (Å²) in [5.41, 5.74) is 6.89. The van der Waals surface area contributed by atoms with Gasteiger partial charge in [0.25, 0.3) is 0 Å². The van der Waals surface area contributed by atoms with Crippen LogP contribution in [0.3, 0.4) is 0 Å². The van der Waals surface area contributed by atoms with Crippen LogP contribution in [-0.4, -0.2) is 12.1 Å². The van der Waals surface area contributed by atoms with Gasteiger partial charge in [0.05, 0.1) is 0 Å². The van der Waals surface area contributed by atoms with Crippen LogP contribution in [0.4, 0.5) is 32.3 Å². The number of hydrogen-bond donors (Lipinski definition) is 4. The summed E-state index contributed by atoms with van der Waals surface area (Å²) in [6.45, 7) is 3.91. The monoisotopic (exact) mass is 450 g/mol. The molecule has 0 saturated carbocycles. The topological polar surface area (TPSA) is 82.3 Å². The van der Waals surface area contributed by atoms with E-state index >= 15 is 0 Å². The highest BCUT2D eigenvalue weighted by Gasteiger charge is 2.09. The Morgan fingerprint density at radius 2 is 0.882 bits per heavy atom. The number of aryl methyl sites for hydroxylation is 2. The summed E-state index contributed by atoms with van der Waals surface area (Å²) in [4.78, 5) is 24.6. The number of benzene rings is 4. The highest BCUT2D eigenvalue weighted by molar-refractivity contribution is 6.01. The first-order valence-corrected chi connectivity index (χ1v) is 11.0. The van der Waals surface area contributed by atoms with Gasteiger partial charge in [0.2, 0.25) is 0 Å². The highest BCUT2D eigenvalue weighted by Crippen LogP contribution is 2.28. The molecular formula is C28H26N4O2. The lowest BCUT2D eigenvalue weighted by Gasteiger charge is -2.14. The summed E-state index contributed by atoms with van der Waals surface area (Å²) in [5.74, 6) is 0. The van der Waals surface area contributed by atoms with Crippen LogP contribution >= 0.6 is 0 Å². The number of para-hydroxylation sites is 2.